The number of hydrogen-bond acceptors (Lipinski definition) is 4. The van der Waals surface area contributed by atoms with Crippen molar-refractivity contribution in [3.8, 4) is 17.4 Å². The van der Waals surface area contributed by atoms with E-state index in [1.807, 2.05) is 51.1 Å². The predicted octanol–water partition coefficient (Wildman–Crippen LogP) is 4.11. The van der Waals surface area contributed by atoms with Crippen LogP contribution in [0.2, 0.25) is 0 Å². The van der Waals surface area contributed by atoms with Crippen molar-refractivity contribution in [3.63, 3.8) is 0 Å². The van der Waals surface area contributed by atoms with E-state index in [0.29, 0.717) is 24.0 Å². The molecule has 0 saturated carbocycles. The molecular formula is C20H26N2O3. The zero-order valence-electron chi connectivity index (χ0n) is 15.1. The van der Waals surface area contributed by atoms with Crippen molar-refractivity contribution in [2.24, 2.45) is 11.7 Å². The molecule has 2 N–H and O–H groups in total. The number of aryl methyl sites for hydroxylation is 1. The molecule has 0 spiro atoms. The molecule has 0 unspecified atom stereocenters. The van der Waals surface area contributed by atoms with Gasteiger partial charge in [-0.3, -0.25) is 4.79 Å². The number of pyridine rings is 1. The SMILES string of the molecule is CC(C)Oc1ccc(Oc2ccc(CC[C@H](C)CC(N)=O)cc2)cn1. The molecule has 0 fully saturated rings. The monoisotopic (exact) mass is 342 g/mol. The summed E-state index contributed by atoms with van der Waals surface area (Å²) in [5.41, 5.74) is 6.43. The topological polar surface area (TPSA) is 74.4 Å². The summed E-state index contributed by atoms with van der Waals surface area (Å²) in [6.45, 7) is 5.96. The van der Waals surface area contributed by atoms with Crippen molar-refractivity contribution in [3.05, 3.63) is 48.2 Å². The molecule has 0 aliphatic rings. The van der Waals surface area contributed by atoms with Gasteiger partial charge in [-0.1, -0.05) is 19.1 Å². The van der Waals surface area contributed by atoms with Gasteiger partial charge in [0.2, 0.25) is 11.8 Å². The summed E-state index contributed by atoms with van der Waals surface area (Å²) < 4.78 is 11.3. The first-order chi connectivity index (χ1) is 11.9. The molecule has 0 bridgehead atoms. The van der Waals surface area contributed by atoms with E-state index in [4.69, 9.17) is 15.2 Å². The quantitative estimate of drug-likeness (QED) is 0.744. The molecule has 0 aliphatic carbocycles. The average Bonchev–Trinajstić information content (AvgIpc) is 2.55. The zero-order chi connectivity index (χ0) is 18.2. The summed E-state index contributed by atoms with van der Waals surface area (Å²) in [6, 6.07) is 11.6. The number of carbonyl (C=O) groups excluding carboxylic acids is 1. The molecule has 1 atom stereocenters. The number of carbonyl (C=O) groups is 1. The maximum atomic E-state index is 10.9. The van der Waals surface area contributed by atoms with Gasteiger partial charge in [-0.2, -0.15) is 0 Å². The zero-order valence-corrected chi connectivity index (χ0v) is 15.1. The minimum atomic E-state index is -0.241. The summed E-state index contributed by atoms with van der Waals surface area (Å²) in [5, 5.41) is 0. The normalized spacial score (nSPS) is 12.0. The smallest absolute Gasteiger partial charge is 0.217 e. The fourth-order valence-electron chi connectivity index (χ4n) is 2.46. The highest BCUT2D eigenvalue weighted by atomic mass is 16.5. The summed E-state index contributed by atoms with van der Waals surface area (Å²) in [7, 11) is 0. The molecule has 5 nitrogen and oxygen atoms in total. The Labute approximate surface area is 149 Å². The molecule has 1 aromatic heterocycles. The third kappa shape index (κ3) is 6.83. The lowest BCUT2D eigenvalue weighted by Crippen LogP contribution is -2.15. The van der Waals surface area contributed by atoms with Gasteiger partial charge in [0.25, 0.3) is 0 Å². The third-order valence-electron chi connectivity index (χ3n) is 3.70. The fraction of sp³-hybridized carbons (Fsp3) is 0.400. The second-order valence-electron chi connectivity index (χ2n) is 6.56. The lowest BCUT2D eigenvalue weighted by Gasteiger charge is -2.11. The largest absolute Gasteiger partial charge is 0.475 e. The van der Waals surface area contributed by atoms with E-state index in [1.54, 1.807) is 12.3 Å². The second-order valence-corrected chi connectivity index (χ2v) is 6.56. The van der Waals surface area contributed by atoms with Crippen molar-refractivity contribution in [1.29, 1.82) is 0 Å². The molecule has 134 valence electrons. The highest BCUT2D eigenvalue weighted by Crippen LogP contribution is 2.23. The number of nitrogens with two attached hydrogens (primary N) is 1. The van der Waals surface area contributed by atoms with Gasteiger partial charge in [0.15, 0.2) is 0 Å². The van der Waals surface area contributed by atoms with Crippen molar-refractivity contribution in [1.82, 2.24) is 4.98 Å². The van der Waals surface area contributed by atoms with Gasteiger partial charge in [0.05, 0.1) is 12.3 Å². The Hall–Kier alpha value is -2.56. The van der Waals surface area contributed by atoms with Crippen LogP contribution in [0.3, 0.4) is 0 Å². The first kappa shape index (κ1) is 18.8. The highest BCUT2D eigenvalue weighted by Gasteiger charge is 2.07. The average molecular weight is 342 g/mol. The summed E-state index contributed by atoms with van der Waals surface area (Å²) in [5.74, 6) is 2.07. The summed E-state index contributed by atoms with van der Waals surface area (Å²) in [6.07, 6.45) is 4.03. The molecule has 2 rings (SSSR count). The maximum Gasteiger partial charge on any atom is 0.217 e. The van der Waals surface area contributed by atoms with Crippen LogP contribution in [0.5, 0.6) is 17.4 Å². The number of rotatable bonds is 9. The van der Waals surface area contributed by atoms with Gasteiger partial charge < -0.3 is 15.2 Å². The lowest BCUT2D eigenvalue weighted by molar-refractivity contribution is -0.118. The molecule has 0 radical (unpaired) electrons. The van der Waals surface area contributed by atoms with Gasteiger partial charge in [-0.25, -0.2) is 4.98 Å². The van der Waals surface area contributed by atoms with Crippen LogP contribution in [0.25, 0.3) is 0 Å². The van der Waals surface area contributed by atoms with Crippen molar-refractivity contribution in [2.75, 3.05) is 0 Å². The number of primary amides is 1. The van der Waals surface area contributed by atoms with Gasteiger partial charge in [-0.05, 0) is 56.4 Å². The van der Waals surface area contributed by atoms with E-state index in [-0.39, 0.29) is 12.0 Å². The molecular weight excluding hydrogens is 316 g/mol. The van der Waals surface area contributed by atoms with Crippen LogP contribution >= 0.6 is 0 Å². The van der Waals surface area contributed by atoms with Crippen LogP contribution in [-0.2, 0) is 11.2 Å². The summed E-state index contributed by atoms with van der Waals surface area (Å²) >= 11 is 0. The van der Waals surface area contributed by atoms with Crippen LogP contribution in [0.4, 0.5) is 0 Å². The second kappa shape index (κ2) is 9.06. The Kier molecular flexibility index (Phi) is 6.81. The Bertz CT molecular complexity index is 666. The number of benzene rings is 1. The molecule has 0 saturated heterocycles. The number of amides is 1. The predicted molar refractivity (Wildman–Crippen MR) is 97.8 cm³/mol. The summed E-state index contributed by atoms with van der Waals surface area (Å²) in [4.78, 5) is 15.1. The van der Waals surface area contributed by atoms with Gasteiger partial charge in [0, 0.05) is 12.5 Å². The third-order valence-corrected chi connectivity index (χ3v) is 3.70. The van der Waals surface area contributed by atoms with Crippen LogP contribution in [0.15, 0.2) is 42.6 Å². The van der Waals surface area contributed by atoms with E-state index >= 15 is 0 Å². The molecule has 5 heteroatoms. The molecule has 25 heavy (non-hydrogen) atoms. The standard InChI is InChI=1S/C20H26N2O3/c1-14(2)24-20-11-10-18(13-22-20)25-17-8-6-16(7-9-17)5-4-15(3)12-19(21)23/h6-11,13-15H,4-5,12H2,1-3H3,(H2,21,23)/t15-/m0/s1. The van der Waals surface area contributed by atoms with E-state index < -0.39 is 0 Å². The Morgan fingerprint density at radius 2 is 1.76 bits per heavy atom. The van der Waals surface area contributed by atoms with Crippen LogP contribution in [0, 0.1) is 5.92 Å². The van der Waals surface area contributed by atoms with E-state index in [9.17, 15) is 4.79 Å². The van der Waals surface area contributed by atoms with E-state index in [0.717, 1.165) is 18.6 Å². The Morgan fingerprint density at radius 3 is 2.32 bits per heavy atom. The van der Waals surface area contributed by atoms with Crippen molar-refractivity contribution in [2.45, 2.75) is 46.1 Å². The molecule has 1 amide bonds. The van der Waals surface area contributed by atoms with Crippen molar-refractivity contribution >= 4 is 5.91 Å². The van der Waals surface area contributed by atoms with Gasteiger partial charge in [0.1, 0.15) is 11.5 Å². The van der Waals surface area contributed by atoms with Crippen LogP contribution < -0.4 is 15.2 Å². The number of aromatic nitrogens is 1. The lowest BCUT2D eigenvalue weighted by atomic mass is 9.98. The Balaban J connectivity index is 1.86. The van der Waals surface area contributed by atoms with E-state index in [1.165, 1.54) is 5.56 Å². The Morgan fingerprint density at radius 1 is 1.08 bits per heavy atom. The molecule has 1 heterocycles. The highest BCUT2D eigenvalue weighted by molar-refractivity contribution is 5.73. The van der Waals surface area contributed by atoms with Crippen molar-refractivity contribution < 1.29 is 14.3 Å². The molecule has 1 aromatic carbocycles. The minimum Gasteiger partial charge on any atom is -0.475 e. The van der Waals surface area contributed by atoms with Crippen LogP contribution in [0.1, 0.15) is 39.2 Å². The van der Waals surface area contributed by atoms with Gasteiger partial charge in [-0.15, -0.1) is 0 Å². The number of hydrogen-bond donors (Lipinski definition) is 1. The van der Waals surface area contributed by atoms with Gasteiger partial charge >= 0.3 is 0 Å². The number of ether oxygens (including phenoxy) is 2. The maximum absolute atomic E-state index is 10.9. The first-order valence-electron chi connectivity index (χ1n) is 8.60. The molecule has 0 aliphatic heterocycles. The molecule has 2 aromatic rings. The first-order valence-corrected chi connectivity index (χ1v) is 8.60. The van der Waals surface area contributed by atoms with Crippen LogP contribution in [-0.4, -0.2) is 17.0 Å². The minimum absolute atomic E-state index is 0.0949. The van der Waals surface area contributed by atoms with E-state index in [2.05, 4.69) is 4.98 Å². The number of nitrogens with zero attached hydrogens (tertiary/aromatic N) is 1. The fourth-order valence-corrected chi connectivity index (χ4v) is 2.46.